The van der Waals surface area contributed by atoms with E-state index < -0.39 is 0 Å². The van der Waals surface area contributed by atoms with Crippen molar-refractivity contribution >= 4 is 39.8 Å². The zero-order valence-electron chi connectivity index (χ0n) is 22.1. The molecule has 5 heterocycles. The molecule has 0 N–H and O–H groups in total. The van der Waals surface area contributed by atoms with Gasteiger partial charge in [0.1, 0.15) is 5.58 Å². The number of nitrogens with zero attached hydrogens (tertiary/aromatic N) is 2. The van der Waals surface area contributed by atoms with Gasteiger partial charge in [0.25, 0.3) is 0 Å². The number of thiophene rings is 1. The van der Waals surface area contributed by atoms with Crippen LogP contribution in [0.2, 0.25) is 0 Å². The monoisotopic (exact) mass is 528 g/mol. The molecule has 1 atom stereocenters. The van der Waals surface area contributed by atoms with E-state index in [-0.39, 0.29) is 16.5 Å². The van der Waals surface area contributed by atoms with Gasteiger partial charge in [-0.15, -0.1) is 23.1 Å². The number of thioether (sulfide) groups is 1. The van der Waals surface area contributed by atoms with Crippen LogP contribution in [-0.4, -0.2) is 13.1 Å². The lowest BCUT2D eigenvalue weighted by Crippen LogP contribution is -2.44. The van der Waals surface area contributed by atoms with Crippen LogP contribution in [0.4, 0.5) is 5.69 Å². The number of allylic oxidation sites excluding steroid dienone is 3. The Balaban J connectivity index is 1.43. The van der Waals surface area contributed by atoms with Gasteiger partial charge in [0.05, 0.1) is 11.6 Å². The fraction of sp³-hybridized carbons (Fsp3) is 0.419. The first kappa shape index (κ1) is 24.6. The number of nitriles is 1. The molecule has 37 heavy (non-hydrogen) atoms. The van der Waals surface area contributed by atoms with Gasteiger partial charge in [-0.05, 0) is 72.9 Å². The third-order valence-electron chi connectivity index (χ3n) is 8.29. The summed E-state index contributed by atoms with van der Waals surface area (Å²) in [6.07, 6.45) is 7.26. The van der Waals surface area contributed by atoms with Crippen LogP contribution < -0.4 is 10.5 Å². The molecule has 3 aromatic rings. The van der Waals surface area contributed by atoms with Crippen LogP contribution in [0.15, 0.2) is 56.1 Å². The molecule has 0 amide bonds. The highest BCUT2D eigenvalue weighted by atomic mass is 32.2. The molecule has 0 aliphatic carbocycles. The second kappa shape index (κ2) is 8.64. The van der Waals surface area contributed by atoms with Gasteiger partial charge in [-0.1, -0.05) is 33.8 Å². The van der Waals surface area contributed by atoms with Crippen LogP contribution in [-0.2, 0) is 10.8 Å². The maximum Gasteiger partial charge on any atom is 0.345 e. The van der Waals surface area contributed by atoms with E-state index in [1.807, 2.05) is 13.0 Å². The summed E-state index contributed by atoms with van der Waals surface area (Å²) in [6.45, 7) is 13.2. The van der Waals surface area contributed by atoms with E-state index in [9.17, 15) is 4.79 Å². The minimum atomic E-state index is -0.259. The number of rotatable bonds is 3. The predicted octanol–water partition coefficient (Wildman–Crippen LogP) is 8.22. The lowest BCUT2D eigenvalue weighted by molar-refractivity contribution is 0.398. The average molecular weight is 529 g/mol. The molecule has 1 aromatic carbocycles. The highest BCUT2D eigenvalue weighted by Gasteiger charge is 2.42. The van der Waals surface area contributed by atoms with Gasteiger partial charge in [0, 0.05) is 55.2 Å². The molecule has 0 radical (unpaired) electrons. The van der Waals surface area contributed by atoms with Crippen molar-refractivity contribution < 1.29 is 4.42 Å². The van der Waals surface area contributed by atoms with Crippen molar-refractivity contribution in [3.05, 3.63) is 73.3 Å². The van der Waals surface area contributed by atoms with E-state index in [0.29, 0.717) is 10.8 Å². The van der Waals surface area contributed by atoms with Crippen LogP contribution in [0.3, 0.4) is 0 Å². The Labute approximate surface area is 226 Å². The van der Waals surface area contributed by atoms with Crippen molar-refractivity contribution in [1.82, 2.24) is 0 Å². The quantitative estimate of drug-likeness (QED) is 0.253. The first-order valence-electron chi connectivity index (χ1n) is 13.0. The molecule has 3 aliphatic rings. The number of benzene rings is 1. The Bertz CT molecular complexity index is 1590. The second-order valence-electron chi connectivity index (χ2n) is 11.9. The smallest absolute Gasteiger partial charge is 0.345 e. The summed E-state index contributed by atoms with van der Waals surface area (Å²) in [5.74, 6) is 0. The first-order chi connectivity index (χ1) is 17.6. The van der Waals surface area contributed by atoms with Crippen LogP contribution in [0.5, 0.6) is 0 Å². The molecule has 0 saturated carbocycles. The highest BCUT2D eigenvalue weighted by molar-refractivity contribution is 8.03. The second-order valence-corrected chi connectivity index (χ2v) is 14.2. The minimum absolute atomic E-state index is 0.0518. The Hall–Kier alpha value is -2.75. The van der Waals surface area contributed by atoms with E-state index in [0.717, 1.165) is 58.7 Å². The first-order valence-corrected chi connectivity index (χ1v) is 14.7. The molecule has 6 heteroatoms. The number of hydrogen-bond donors (Lipinski definition) is 0. The summed E-state index contributed by atoms with van der Waals surface area (Å²) in [4.78, 5) is 19.3. The average Bonchev–Trinajstić information content (AvgIpc) is 3.51. The van der Waals surface area contributed by atoms with E-state index in [1.165, 1.54) is 21.7 Å². The Kier molecular flexibility index (Phi) is 5.74. The molecule has 0 bridgehead atoms. The summed E-state index contributed by atoms with van der Waals surface area (Å²) in [6, 6.07) is 10.8. The molecular weight excluding hydrogens is 496 g/mol. The van der Waals surface area contributed by atoms with Crippen LogP contribution in [0.25, 0.3) is 21.4 Å². The largest absolute Gasteiger partial charge is 0.422 e. The van der Waals surface area contributed by atoms with Crippen molar-refractivity contribution in [3.63, 3.8) is 0 Å². The molecule has 4 nitrogen and oxygen atoms in total. The Morgan fingerprint density at radius 3 is 2.68 bits per heavy atom. The van der Waals surface area contributed by atoms with Crippen molar-refractivity contribution in [1.29, 1.82) is 5.26 Å². The SMILES string of the molecule is C/C(C#N)=C\C1=CCC(c2ccc(-c3cc4cc5c6c(c4oc3=O)C(C)(C)CCN6CCC5(C)C)s2)S1. The maximum atomic E-state index is 13.4. The number of fused-ring (bicyclic) bond motifs is 2. The summed E-state index contributed by atoms with van der Waals surface area (Å²) in [5, 5.41) is 10.4. The van der Waals surface area contributed by atoms with E-state index in [4.69, 9.17) is 9.68 Å². The van der Waals surface area contributed by atoms with Gasteiger partial charge in [-0.2, -0.15) is 5.26 Å². The topological polar surface area (TPSA) is 57.2 Å². The molecule has 0 saturated heterocycles. The van der Waals surface area contributed by atoms with Crippen LogP contribution in [0.1, 0.15) is 75.1 Å². The summed E-state index contributed by atoms with van der Waals surface area (Å²) in [5.41, 5.74) is 5.78. The molecule has 3 aliphatic heterocycles. The normalized spacial score (nSPS) is 22.1. The zero-order chi connectivity index (χ0) is 26.1. The fourth-order valence-corrected chi connectivity index (χ4v) is 8.44. The van der Waals surface area contributed by atoms with Gasteiger partial charge < -0.3 is 9.32 Å². The molecule has 0 spiro atoms. The van der Waals surface area contributed by atoms with Gasteiger partial charge >= 0.3 is 5.63 Å². The van der Waals surface area contributed by atoms with E-state index in [1.54, 1.807) is 23.1 Å². The van der Waals surface area contributed by atoms with Gasteiger partial charge in [0.2, 0.25) is 0 Å². The molecule has 190 valence electrons. The van der Waals surface area contributed by atoms with Crippen molar-refractivity contribution in [3.8, 4) is 16.5 Å². The standard InChI is InChI=1S/C31H32N2O2S2/c1-18(17-32)14-20-6-7-24(36-20)25-9-8-23(37-25)21-15-19-16-22-27-26(28(19)35-29(21)34)31(4,5)11-13-33(27)12-10-30(22,2)3/h6,8-9,14-16,24H,7,10-13H2,1-5H3/b18-14+. The maximum absolute atomic E-state index is 13.4. The highest BCUT2D eigenvalue weighted by Crippen LogP contribution is 2.52. The van der Waals surface area contributed by atoms with Crippen molar-refractivity contribution in [2.75, 3.05) is 18.0 Å². The Morgan fingerprint density at radius 1 is 1.16 bits per heavy atom. The van der Waals surface area contributed by atoms with Gasteiger partial charge in [0.15, 0.2) is 0 Å². The van der Waals surface area contributed by atoms with Crippen LogP contribution in [0, 0.1) is 11.3 Å². The van der Waals surface area contributed by atoms with Gasteiger partial charge in [-0.3, -0.25) is 0 Å². The molecule has 2 aromatic heterocycles. The van der Waals surface area contributed by atoms with E-state index in [2.05, 4.69) is 69.0 Å². The fourth-order valence-electron chi connectivity index (χ4n) is 5.99. The van der Waals surface area contributed by atoms with E-state index >= 15 is 0 Å². The number of anilines is 1. The van der Waals surface area contributed by atoms with Crippen LogP contribution >= 0.6 is 23.1 Å². The molecule has 6 rings (SSSR count). The molecule has 0 fully saturated rings. The van der Waals surface area contributed by atoms with Crippen molar-refractivity contribution in [2.45, 2.75) is 70.0 Å². The predicted molar refractivity (Wildman–Crippen MR) is 156 cm³/mol. The number of hydrogen-bond acceptors (Lipinski definition) is 6. The Morgan fingerprint density at radius 2 is 1.92 bits per heavy atom. The lowest BCUT2D eigenvalue weighted by atomic mass is 9.69. The third-order valence-corrected chi connectivity index (χ3v) is 11.0. The molecule has 1 unspecified atom stereocenters. The van der Waals surface area contributed by atoms with Gasteiger partial charge in [-0.25, -0.2) is 4.79 Å². The summed E-state index contributed by atoms with van der Waals surface area (Å²) >= 11 is 3.46. The summed E-state index contributed by atoms with van der Waals surface area (Å²) < 4.78 is 6.20. The van der Waals surface area contributed by atoms with Crippen molar-refractivity contribution in [2.24, 2.45) is 0 Å². The zero-order valence-corrected chi connectivity index (χ0v) is 23.7. The lowest BCUT2D eigenvalue weighted by Gasteiger charge is -2.48. The molecular formula is C31H32N2O2S2. The minimum Gasteiger partial charge on any atom is -0.422 e. The third kappa shape index (κ3) is 4.08. The summed E-state index contributed by atoms with van der Waals surface area (Å²) in [7, 11) is 0.